The largest absolute Gasteiger partial charge is 0.337 e. The van der Waals surface area contributed by atoms with E-state index in [9.17, 15) is 4.79 Å². The Morgan fingerprint density at radius 3 is 2.60 bits per heavy atom. The number of piperidine rings is 1. The number of nitrogens with zero attached hydrogens (tertiary/aromatic N) is 2. The standard InChI is InChI=1S/C18H22ClN3O.2ClH/c1-2-20-12-13-7-9-22(10-8-13)18(23)16-6-4-14-3-5-15(19)11-17(14)21-16;;/h3-6,11,13,20H,2,7-10,12H2,1H3;2*1H. The maximum atomic E-state index is 12.7. The minimum absolute atomic E-state index is 0. The van der Waals surface area contributed by atoms with Crippen molar-refractivity contribution in [3.63, 3.8) is 0 Å². The highest BCUT2D eigenvalue weighted by Gasteiger charge is 2.24. The van der Waals surface area contributed by atoms with E-state index in [1.807, 2.05) is 29.2 Å². The number of hydrogen-bond donors (Lipinski definition) is 1. The molecule has 1 aromatic heterocycles. The van der Waals surface area contributed by atoms with Crippen LogP contribution in [-0.2, 0) is 0 Å². The number of amides is 1. The number of hydrogen-bond acceptors (Lipinski definition) is 3. The van der Waals surface area contributed by atoms with Gasteiger partial charge in [-0.25, -0.2) is 4.98 Å². The van der Waals surface area contributed by atoms with Crippen molar-refractivity contribution >= 4 is 53.2 Å². The van der Waals surface area contributed by atoms with Gasteiger partial charge in [-0.3, -0.25) is 4.79 Å². The first-order valence-electron chi connectivity index (χ1n) is 8.23. The van der Waals surface area contributed by atoms with Crippen LogP contribution in [0, 0.1) is 5.92 Å². The molecular weight excluding hydrogens is 381 g/mol. The van der Waals surface area contributed by atoms with Crippen molar-refractivity contribution in [2.45, 2.75) is 19.8 Å². The topological polar surface area (TPSA) is 45.2 Å². The maximum absolute atomic E-state index is 12.7. The minimum Gasteiger partial charge on any atom is -0.337 e. The maximum Gasteiger partial charge on any atom is 0.272 e. The van der Waals surface area contributed by atoms with Gasteiger partial charge in [0.05, 0.1) is 5.52 Å². The Kier molecular flexibility index (Phi) is 8.94. The van der Waals surface area contributed by atoms with Gasteiger partial charge < -0.3 is 10.2 Å². The molecule has 0 bridgehead atoms. The molecule has 0 atom stereocenters. The number of carbonyl (C=O) groups is 1. The van der Waals surface area contributed by atoms with Crippen molar-refractivity contribution in [3.8, 4) is 0 Å². The van der Waals surface area contributed by atoms with Crippen molar-refractivity contribution in [1.29, 1.82) is 0 Å². The summed E-state index contributed by atoms with van der Waals surface area (Å²) in [6.07, 6.45) is 2.11. The summed E-state index contributed by atoms with van der Waals surface area (Å²) in [5.74, 6) is 0.691. The molecule has 0 unspecified atom stereocenters. The summed E-state index contributed by atoms with van der Waals surface area (Å²) in [6.45, 7) is 5.79. The van der Waals surface area contributed by atoms with Crippen molar-refractivity contribution in [3.05, 3.63) is 41.0 Å². The molecule has 0 aliphatic carbocycles. The van der Waals surface area contributed by atoms with Crippen molar-refractivity contribution in [2.75, 3.05) is 26.2 Å². The number of halogens is 3. The number of likely N-dealkylation sites (tertiary alicyclic amines) is 1. The van der Waals surface area contributed by atoms with Crippen LogP contribution in [-0.4, -0.2) is 42.0 Å². The molecule has 3 rings (SSSR count). The van der Waals surface area contributed by atoms with Crippen LogP contribution in [0.4, 0.5) is 0 Å². The van der Waals surface area contributed by atoms with Crippen LogP contribution >= 0.6 is 36.4 Å². The van der Waals surface area contributed by atoms with Gasteiger partial charge in [0, 0.05) is 23.5 Å². The van der Waals surface area contributed by atoms with Crippen LogP contribution in [0.2, 0.25) is 5.02 Å². The number of pyridine rings is 1. The second kappa shape index (κ2) is 10.2. The van der Waals surface area contributed by atoms with E-state index >= 15 is 0 Å². The molecule has 4 nitrogen and oxygen atoms in total. The van der Waals surface area contributed by atoms with Crippen LogP contribution in [0.3, 0.4) is 0 Å². The number of carbonyl (C=O) groups excluding carboxylic acids is 1. The fourth-order valence-corrected chi connectivity index (χ4v) is 3.23. The Hall–Kier alpha value is -1.07. The summed E-state index contributed by atoms with van der Waals surface area (Å²) in [7, 11) is 0. The molecule has 1 saturated heterocycles. The number of nitrogens with one attached hydrogen (secondary N) is 1. The molecule has 25 heavy (non-hydrogen) atoms. The first kappa shape index (κ1) is 22.0. The molecule has 7 heteroatoms. The van der Waals surface area contributed by atoms with Crippen molar-refractivity contribution in [2.24, 2.45) is 5.92 Å². The van der Waals surface area contributed by atoms with Gasteiger partial charge in [-0.1, -0.05) is 30.7 Å². The van der Waals surface area contributed by atoms with Crippen LogP contribution in [0.25, 0.3) is 10.9 Å². The smallest absolute Gasteiger partial charge is 0.272 e. The van der Waals surface area contributed by atoms with Crippen LogP contribution < -0.4 is 5.32 Å². The lowest BCUT2D eigenvalue weighted by atomic mass is 9.96. The predicted molar refractivity (Wildman–Crippen MR) is 108 cm³/mol. The number of rotatable bonds is 4. The summed E-state index contributed by atoms with van der Waals surface area (Å²) in [5.41, 5.74) is 1.27. The molecule has 138 valence electrons. The second-order valence-electron chi connectivity index (χ2n) is 6.08. The van der Waals surface area contributed by atoms with Crippen LogP contribution in [0.1, 0.15) is 30.3 Å². The number of benzene rings is 1. The fourth-order valence-electron chi connectivity index (χ4n) is 3.06. The van der Waals surface area contributed by atoms with E-state index < -0.39 is 0 Å². The molecule has 1 N–H and O–H groups in total. The zero-order chi connectivity index (χ0) is 16.2. The fraction of sp³-hybridized carbons (Fsp3) is 0.444. The predicted octanol–water partition coefficient (Wildman–Crippen LogP) is 4.19. The second-order valence-corrected chi connectivity index (χ2v) is 6.51. The summed E-state index contributed by atoms with van der Waals surface area (Å²) in [4.78, 5) is 19.1. The minimum atomic E-state index is 0. The first-order chi connectivity index (χ1) is 11.2. The zero-order valence-electron chi connectivity index (χ0n) is 14.2. The molecule has 0 radical (unpaired) electrons. The Bertz CT molecular complexity index is 703. The lowest BCUT2D eigenvalue weighted by Gasteiger charge is -2.32. The molecule has 1 aromatic carbocycles. The summed E-state index contributed by atoms with van der Waals surface area (Å²) in [5, 5.41) is 5.02. The Labute approximate surface area is 166 Å². The van der Waals surface area contributed by atoms with Gasteiger partial charge in [-0.15, -0.1) is 24.8 Å². The van der Waals surface area contributed by atoms with Gasteiger partial charge in [-0.2, -0.15) is 0 Å². The molecular formula is C18H24Cl3N3O. The lowest BCUT2D eigenvalue weighted by Crippen LogP contribution is -2.41. The molecule has 0 spiro atoms. The average molecular weight is 405 g/mol. The van der Waals surface area contributed by atoms with E-state index in [-0.39, 0.29) is 30.7 Å². The molecule has 0 saturated carbocycles. The molecule has 1 fully saturated rings. The third-order valence-electron chi connectivity index (χ3n) is 4.46. The van der Waals surface area contributed by atoms with E-state index in [2.05, 4.69) is 17.2 Å². The highest BCUT2D eigenvalue weighted by molar-refractivity contribution is 6.31. The Balaban J connectivity index is 0.00000156. The van der Waals surface area contributed by atoms with Gasteiger partial charge in [0.15, 0.2) is 0 Å². The summed E-state index contributed by atoms with van der Waals surface area (Å²) < 4.78 is 0. The molecule has 1 aliphatic heterocycles. The quantitative estimate of drug-likeness (QED) is 0.831. The Morgan fingerprint density at radius 2 is 1.92 bits per heavy atom. The number of fused-ring (bicyclic) bond motifs is 1. The highest BCUT2D eigenvalue weighted by Crippen LogP contribution is 2.21. The molecule has 1 amide bonds. The Morgan fingerprint density at radius 1 is 1.24 bits per heavy atom. The van der Waals surface area contributed by atoms with Crippen LogP contribution in [0.15, 0.2) is 30.3 Å². The third-order valence-corrected chi connectivity index (χ3v) is 4.69. The molecule has 2 heterocycles. The zero-order valence-corrected chi connectivity index (χ0v) is 16.6. The molecule has 2 aromatic rings. The van der Waals surface area contributed by atoms with Crippen molar-refractivity contribution < 1.29 is 4.79 Å². The van der Waals surface area contributed by atoms with Crippen molar-refractivity contribution in [1.82, 2.24) is 15.2 Å². The van der Waals surface area contributed by atoms with E-state index in [4.69, 9.17) is 11.6 Å². The van der Waals surface area contributed by atoms with E-state index in [1.165, 1.54) is 0 Å². The van der Waals surface area contributed by atoms with Gasteiger partial charge in [0.1, 0.15) is 5.69 Å². The van der Waals surface area contributed by atoms with Crippen LogP contribution in [0.5, 0.6) is 0 Å². The van der Waals surface area contributed by atoms with E-state index in [1.54, 1.807) is 6.07 Å². The van der Waals surface area contributed by atoms with Gasteiger partial charge in [0.25, 0.3) is 5.91 Å². The first-order valence-corrected chi connectivity index (χ1v) is 8.61. The van der Waals surface area contributed by atoms with Gasteiger partial charge in [0.2, 0.25) is 0 Å². The monoisotopic (exact) mass is 403 g/mol. The SMILES string of the molecule is CCNCC1CCN(C(=O)c2ccc3ccc(Cl)cc3n2)CC1.Cl.Cl. The average Bonchev–Trinajstić information content (AvgIpc) is 2.59. The highest BCUT2D eigenvalue weighted by atomic mass is 35.5. The van der Waals surface area contributed by atoms with Gasteiger partial charge >= 0.3 is 0 Å². The van der Waals surface area contributed by atoms with E-state index in [0.29, 0.717) is 16.6 Å². The lowest BCUT2D eigenvalue weighted by molar-refractivity contribution is 0.0685. The summed E-state index contributed by atoms with van der Waals surface area (Å²) in [6, 6.07) is 9.30. The van der Waals surface area contributed by atoms with E-state index in [0.717, 1.165) is 49.9 Å². The third kappa shape index (κ3) is 5.45. The van der Waals surface area contributed by atoms with Gasteiger partial charge in [-0.05, 0) is 50.0 Å². The number of aromatic nitrogens is 1. The molecule has 1 aliphatic rings. The normalized spacial score (nSPS) is 14.7. The summed E-state index contributed by atoms with van der Waals surface area (Å²) >= 11 is 6.02.